The van der Waals surface area contributed by atoms with E-state index in [1.807, 2.05) is 0 Å². The first kappa shape index (κ1) is 13.0. The van der Waals surface area contributed by atoms with Crippen molar-refractivity contribution >= 4 is 23.4 Å². The molecule has 0 aliphatic rings. The summed E-state index contributed by atoms with van der Waals surface area (Å²) >= 11 is 0. The third-order valence-electron chi connectivity index (χ3n) is 1.78. The van der Waals surface area contributed by atoms with E-state index < -0.39 is 6.09 Å². The van der Waals surface area contributed by atoms with Crippen LogP contribution >= 0.6 is 0 Å². The maximum absolute atomic E-state index is 11.1. The van der Waals surface area contributed by atoms with E-state index in [-0.39, 0.29) is 19.1 Å². The second kappa shape index (κ2) is 6.49. The molecule has 0 aliphatic heterocycles. The molecule has 0 atom stereocenters. The second-order valence-electron chi connectivity index (χ2n) is 3.24. The molecular formula is C11H14N2O4. The van der Waals surface area contributed by atoms with Gasteiger partial charge in [0.05, 0.1) is 6.61 Å². The van der Waals surface area contributed by atoms with Gasteiger partial charge < -0.3 is 15.2 Å². The average Bonchev–Trinajstić information content (AvgIpc) is 2.28. The first-order valence-electron chi connectivity index (χ1n) is 5.04. The zero-order chi connectivity index (χ0) is 12.7. The van der Waals surface area contributed by atoms with E-state index in [9.17, 15) is 9.59 Å². The Kier molecular flexibility index (Phi) is 4.96. The van der Waals surface area contributed by atoms with E-state index in [4.69, 9.17) is 5.11 Å². The largest absolute Gasteiger partial charge is 0.447 e. The summed E-state index contributed by atoms with van der Waals surface area (Å²) in [6.45, 7) is 1.16. The average molecular weight is 238 g/mol. The lowest BCUT2D eigenvalue weighted by Gasteiger charge is -2.07. The highest BCUT2D eigenvalue weighted by atomic mass is 16.6. The van der Waals surface area contributed by atoms with Crippen molar-refractivity contribution < 1.29 is 19.4 Å². The van der Waals surface area contributed by atoms with Crippen LogP contribution in [0.2, 0.25) is 0 Å². The number of aliphatic hydroxyl groups is 1. The molecule has 0 saturated heterocycles. The predicted octanol–water partition coefficient (Wildman–Crippen LogP) is 1.19. The first-order valence-corrected chi connectivity index (χ1v) is 5.04. The van der Waals surface area contributed by atoms with Crippen LogP contribution in [0.5, 0.6) is 0 Å². The van der Waals surface area contributed by atoms with Crippen LogP contribution in [0.15, 0.2) is 24.3 Å². The SMILES string of the molecule is CC(=O)Nc1ccc(NC(=O)OCCO)cc1. The summed E-state index contributed by atoms with van der Waals surface area (Å²) in [4.78, 5) is 21.9. The molecular weight excluding hydrogens is 224 g/mol. The maximum Gasteiger partial charge on any atom is 0.411 e. The van der Waals surface area contributed by atoms with Crippen LogP contribution in [0.3, 0.4) is 0 Å². The van der Waals surface area contributed by atoms with Gasteiger partial charge in [-0.25, -0.2) is 4.79 Å². The zero-order valence-corrected chi connectivity index (χ0v) is 9.40. The molecule has 0 bridgehead atoms. The molecule has 6 nitrogen and oxygen atoms in total. The number of hydrogen-bond acceptors (Lipinski definition) is 4. The van der Waals surface area contributed by atoms with Gasteiger partial charge in [0.2, 0.25) is 5.91 Å². The van der Waals surface area contributed by atoms with Crippen molar-refractivity contribution in [1.82, 2.24) is 0 Å². The highest BCUT2D eigenvalue weighted by Crippen LogP contribution is 2.13. The van der Waals surface area contributed by atoms with Gasteiger partial charge >= 0.3 is 6.09 Å². The van der Waals surface area contributed by atoms with Crippen LogP contribution in [-0.4, -0.2) is 30.3 Å². The van der Waals surface area contributed by atoms with Crippen LogP contribution in [0.25, 0.3) is 0 Å². The Morgan fingerprint density at radius 1 is 1.18 bits per heavy atom. The minimum atomic E-state index is -0.633. The van der Waals surface area contributed by atoms with Crippen LogP contribution in [-0.2, 0) is 9.53 Å². The third-order valence-corrected chi connectivity index (χ3v) is 1.78. The van der Waals surface area contributed by atoms with Crippen LogP contribution in [0, 0.1) is 0 Å². The van der Waals surface area contributed by atoms with E-state index in [1.165, 1.54) is 6.92 Å². The summed E-state index contributed by atoms with van der Waals surface area (Å²) in [5.74, 6) is -0.159. The zero-order valence-electron chi connectivity index (χ0n) is 9.40. The second-order valence-corrected chi connectivity index (χ2v) is 3.24. The molecule has 0 spiro atoms. The molecule has 6 heteroatoms. The lowest BCUT2D eigenvalue weighted by atomic mass is 10.3. The Morgan fingerprint density at radius 3 is 2.18 bits per heavy atom. The van der Waals surface area contributed by atoms with Crippen molar-refractivity contribution in [2.45, 2.75) is 6.92 Å². The number of carbonyl (C=O) groups is 2. The summed E-state index contributed by atoms with van der Waals surface area (Å²) in [6, 6.07) is 6.57. The van der Waals surface area contributed by atoms with E-state index in [0.29, 0.717) is 11.4 Å². The topological polar surface area (TPSA) is 87.7 Å². The van der Waals surface area contributed by atoms with E-state index in [2.05, 4.69) is 15.4 Å². The van der Waals surface area contributed by atoms with Gasteiger partial charge in [0, 0.05) is 18.3 Å². The highest BCUT2D eigenvalue weighted by Gasteiger charge is 2.02. The normalized spacial score (nSPS) is 9.53. The predicted molar refractivity (Wildman–Crippen MR) is 62.8 cm³/mol. The number of rotatable bonds is 4. The van der Waals surface area contributed by atoms with Gasteiger partial charge in [-0.3, -0.25) is 10.1 Å². The van der Waals surface area contributed by atoms with Crippen molar-refractivity contribution in [3.05, 3.63) is 24.3 Å². The fraction of sp³-hybridized carbons (Fsp3) is 0.273. The molecule has 17 heavy (non-hydrogen) atoms. The Bertz CT molecular complexity index is 389. The summed E-state index contributed by atoms with van der Waals surface area (Å²) < 4.78 is 4.62. The number of nitrogens with one attached hydrogen (secondary N) is 2. The number of hydrogen-bond donors (Lipinski definition) is 3. The number of ether oxygens (including phenoxy) is 1. The standard InChI is InChI=1S/C11H14N2O4/c1-8(15)12-9-2-4-10(5-3-9)13-11(16)17-7-6-14/h2-5,14H,6-7H2,1H3,(H,12,15)(H,13,16). The quantitative estimate of drug-likeness (QED) is 0.735. The van der Waals surface area contributed by atoms with Gasteiger partial charge in [-0.2, -0.15) is 0 Å². The van der Waals surface area contributed by atoms with Gasteiger partial charge in [-0.1, -0.05) is 0 Å². The number of carbonyl (C=O) groups excluding carboxylic acids is 2. The van der Waals surface area contributed by atoms with E-state index in [1.54, 1.807) is 24.3 Å². The van der Waals surface area contributed by atoms with Gasteiger partial charge in [0.15, 0.2) is 0 Å². The molecule has 1 aromatic rings. The van der Waals surface area contributed by atoms with Gasteiger partial charge in [0.1, 0.15) is 6.61 Å². The van der Waals surface area contributed by atoms with Crippen LogP contribution < -0.4 is 10.6 Å². The van der Waals surface area contributed by atoms with Crippen molar-refractivity contribution in [1.29, 1.82) is 0 Å². The molecule has 1 rings (SSSR count). The first-order chi connectivity index (χ1) is 8.11. The van der Waals surface area contributed by atoms with Crippen molar-refractivity contribution in [2.24, 2.45) is 0 Å². The Labute approximate surface area is 98.6 Å². The molecule has 0 aromatic heterocycles. The maximum atomic E-state index is 11.1. The van der Waals surface area contributed by atoms with Crippen LogP contribution in [0.1, 0.15) is 6.92 Å². The van der Waals surface area contributed by atoms with Gasteiger partial charge in [-0.05, 0) is 24.3 Å². The molecule has 0 fully saturated rings. The highest BCUT2D eigenvalue weighted by molar-refractivity contribution is 5.89. The minimum Gasteiger partial charge on any atom is -0.447 e. The number of benzene rings is 1. The molecule has 1 aromatic carbocycles. The fourth-order valence-corrected chi connectivity index (χ4v) is 1.13. The molecule has 0 aliphatic carbocycles. The summed E-state index contributed by atoms with van der Waals surface area (Å²) in [7, 11) is 0. The monoisotopic (exact) mass is 238 g/mol. The molecule has 92 valence electrons. The molecule has 0 saturated carbocycles. The summed E-state index contributed by atoms with van der Waals surface area (Å²) in [6.07, 6.45) is -0.633. The Balaban J connectivity index is 2.50. The Hall–Kier alpha value is -2.08. The molecule has 0 unspecified atom stereocenters. The Morgan fingerprint density at radius 2 is 1.71 bits per heavy atom. The smallest absolute Gasteiger partial charge is 0.411 e. The summed E-state index contributed by atoms with van der Waals surface area (Å²) in [5.41, 5.74) is 1.19. The molecule has 2 amide bonds. The van der Waals surface area contributed by atoms with Gasteiger partial charge in [0.25, 0.3) is 0 Å². The van der Waals surface area contributed by atoms with Gasteiger partial charge in [-0.15, -0.1) is 0 Å². The number of anilines is 2. The van der Waals surface area contributed by atoms with Crippen molar-refractivity contribution in [3.8, 4) is 0 Å². The van der Waals surface area contributed by atoms with Crippen LogP contribution in [0.4, 0.5) is 16.2 Å². The summed E-state index contributed by atoms with van der Waals surface area (Å²) in [5, 5.41) is 13.5. The van der Waals surface area contributed by atoms with Crippen molar-refractivity contribution in [2.75, 3.05) is 23.8 Å². The van der Waals surface area contributed by atoms with E-state index in [0.717, 1.165) is 0 Å². The number of amides is 2. The van der Waals surface area contributed by atoms with E-state index >= 15 is 0 Å². The minimum absolute atomic E-state index is 0.0458. The molecule has 0 radical (unpaired) electrons. The van der Waals surface area contributed by atoms with Crippen molar-refractivity contribution in [3.63, 3.8) is 0 Å². The number of aliphatic hydroxyl groups excluding tert-OH is 1. The fourth-order valence-electron chi connectivity index (χ4n) is 1.13. The molecule has 0 heterocycles. The lowest BCUT2D eigenvalue weighted by molar-refractivity contribution is -0.114. The third kappa shape index (κ3) is 4.98. The molecule has 3 N–H and O–H groups in total. The lowest BCUT2D eigenvalue weighted by Crippen LogP contribution is -2.15.